The molecule has 0 spiro atoms. The van der Waals surface area contributed by atoms with Crippen molar-refractivity contribution in [3.63, 3.8) is 0 Å². The summed E-state index contributed by atoms with van der Waals surface area (Å²) in [5.41, 5.74) is 1.61. The van der Waals surface area contributed by atoms with Gasteiger partial charge in [-0.25, -0.2) is 9.59 Å². The van der Waals surface area contributed by atoms with Crippen LogP contribution in [0.5, 0.6) is 0 Å². The van der Waals surface area contributed by atoms with Gasteiger partial charge in [0.05, 0.1) is 0 Å². The third-order valence-corrected chi connectivity index (χ3v) is 3.22. The summed E-state index contributed by atoms with van der Waals surface area (Å²) in [4.78, 5) is 27.1. The van der Waals surface area contributed by atoms with Crippen molar-refractivity contribution >= 4 is 12.1 Å². The first-order valence-corrected chi connectivity index (χ1v) is 7.25. The standard InChI is InChI=1S/C17H18N2O4/c20-16(21)15(10-9-14-8-4-5-11-18-14)19-17(22)23-12-13-6-2-1-3-7-13/h1-8,11,15H,9-10,12H2,(H,19,22)(H,20,21). The molecule has 6 heteroatoms. The molecule has 0 saturated heterocycles. The van der Waals surface area contributed by atoms with Gasteiger partial charge in [-0.3, -0.25) is 4.98 Å². The van der Waals surface area contributed by atoms with E-state index in [0.717, 1.165) is 11.3 Å². The zero-order valence-electron chi connectivity index (χ0n) is 12.5. The predicted octanol–water partition coefficient (Wildman–Crippen LogP) is 2.39. The third kappa shape index (κ3) is 5.78. The maximum atomic E-state index is 11.7. The van der Waals surface area contributed by atoms with Crippen molar-refractivity contribution in [3.05, 3.63) is 66.0 Å². The molecular formula is C17H18N2O4. The SMILES string of the molecule is O=C(NC(CCc1ccccn1)C(=O)O)OCc1ccccc1. The van der Waals surface area contributed by atoms with Gasteiger partial charge in [0.25, 0.3) is 0 Å². The van der Waals surface area contributed by atoms with Gasteiger partial charge in [-0.05, 0) is 30.5 Å². The number of hydrogen-bond acceptors (Lipinski definition) is 4. The van der Waals surface area contributed by atoms with Gasteiger partial charge < -0.3 is 15.2 Å². The molecule has 1 unspecified atom stereocenters. The van der Waals surface area contributed by atoms with Crippen LogP contribution in [0.1, 0.15) is 17.7 Å². The number of nitrogens with one attached hydrogen (secondary N) is 1. The lowest BCUT2D eigenvalue weighted by Crippen LogP contribution is -2.41. The Morgan fingerprint density at radius 3 is 2.52 bits per heavy atom. The van der Waals surface area contributed by atoms with E-state index >= 15 is 0 Å². The van der Waals surface area contributed by atoms with Crippen molar-refractivity contribution in [3.8, 4) is 0 Å². The second-order valence-electron chi connectivity index (χ2n) is 4.96. The van der Waals surface area contributed by atoms with E-state index in [-0.39, 0.29) is 13.0 Å². The van der Waals surface area contributed by atoms with Crippen molar-refractivity contribution in [2.24, 2.45) is 0 Å². The molecular weight excluding hydrogens is 296 g/mol. The van der Waals surface area contributed by atoms with Crippen LogP contribution in [0, 0.1) is 0 Å². The number of aliphatic carboxylic acids is 1. The largest absolute Gasteiger partial charge is 0.480 e. The number of nitrogens with zero attached hydrogens (tertiary/aromatic N) is 1. The Kier molecular flexibility index (Phi) is 6.11. The van der Waals surface area contributed by atoms with E-state index in [2.05, 4.69) is 10.3 Å². The Labute approximate surface area is 134 Å². The lowest BCUT2D eigenvalue weighted by atomic mass is 10.1. The fraction of sp³-hybridized carbons (Fsp3) is 0.235. The maximum Gasteiger partial charge on any atom is 0.408 e. The van der Waals surface area contributed by atoms with Crippen molar-refractivity contribution < 1.29 is 19.4 Å². The smallest absolute Gasteiger partial charge is 0.408 e. The number of rotatable bonds is 7. The number of pyridine rings is 1. The topological polar surface area (TPSA) is 88.5 Å². The van der Waals surface area contributed by atoms with E-state index in [9.17, 15) is 14.7 Å². The molecule has 0 aliphatic heterocycles. The van der Waals surface area contributed by atoms with Crippen LogP contribution in [0.25, 0.3) is 0 Å². The number of carboxylic acids is 1. The highest BCUT2D eigenvalue weighted by Gasteiger charge is 2.20. The molecule has 23 heavy (non-hydrogen) atoms. The Balaban J connectivity index is 1.81. The number of hydrogen-bond donors (Lipinski definition) is 2. The summed E-state index contributed by atoms with van der Waals surface area (Å²) in [6, 6.07) is 13.6. The van der Waals surface area contributed by atoms with Crippen LogP contribution >= 0.6 is 0 Å². The zero-order valence-corrected chi connectivity index (χ0v) is 12.5. The number of ether oxygens (including phenoxy) is 1. The van der Waals surface area contributed by atoms with Gasteiger partial charge in [0, 0.05) is 11.9 Å². The highest BCUT2D eigenvalue weighted by molar-refractivity contribution is 5.79. The van der Waals surface area contributed by atoms with Crippen LogP contribution in [0.2, 0.25) is 0 Å². The van der Waals surface area contributed by atoms with Gasteiger partial charge in [0.1, 0.15) is 12.6 Å². The summed E-state index contributed by atoms with van der Waals surface area (Å²) < 4.78 is 5.03. The Hall–Kier alpha value is -2.89. The minimum Gasteiger partial charge on any atom is -0.480 e. The van der Waals surface area contributed by atoms with Crippen LogP contribution in [0.3, 0.4) is 0 Å². The first-order chi connectivity index (χ1) is 11.1. The fourth-order valence-electron chi connectivity index (χ4n) is 2.00. The second-order valence-corrected chi connectivity index (χ2v) is 4.96. The van der Waals surface area contributed by atoms with Gasteiger partial charge in [0.2, 0.25) is 0 Å². The molecule has 0 saturated carbocycles. The second kappa shape index (κ2) is 8.53. The van der Waals surface area contributed by atoms with Crippen LogP contribution in [0.4, 0.5) is 4.79 Å². The van der Waals surface area contributed by atoms with E-state index < -0.39 is 18.1 Å². The van der Waals surface area contributed by atoms with E-state index in [4.69, 9.17) is 4.74 Å². The summed E-state index contributed by atoms with van der Waals surface area (Å²) in [7, 11) is 0. The van der Waals surface area contributed by atoms with E-state index in [0.29, 0.717) is 6.42 Å². The Bertz CT molecular complexity index is 632. The van der Waals surface area contributed by atoms with Gasteiger partial charge in [0.15, 0.2) is 0 Å². The summed E-state index contributed by atoms with van der Waals surface area (Å²) in [5.74, 6) is -1.10. The molecule has 0 aliphatic rings. The minimum absolute atomic E-state index is 0.0965. The summed E-state index contributed by atoms with van der Waals surface area (Å²) in [6.07, 6.45) is 1.60. The number of carbonyl (C=O) groups is 2. The molecule has 0 aliphatic carbocycles. The number of carboxylic acid groups (broad SMARTS) is 1. The monoisotopic (exact) mass is 314 g/mol. The van der Waals surface area contributed by atoms with E-state index in [1.807, 2.05) is 42.5 Å². The molecule has 1 aromatic carbocycles. The zero-order chi connectivity index (χ0) is 16.5. The summed E-state index contributed by atoms with van der Waals surface area (Å²) in [5, 5.41) is 11.6. The minimum atomic E-state index is -1.10. The van der Waals surface area contributed by atoms with Gasteiger partial charge >= 0.3 is 12.1 Å². The molecule has 1 atom stereocenters. The quantitative estimate of drug-likeness (QED) is 0.819. The number of aromatic nitrogens is 1. The number of benzene rings is 1. The van der Waals surface area contributed by atoms with Crippen LogP contribution in [-0.2, 0) is 22.6 Å². The fourth-order valence-corrected chi connectivity index (χ4v) is 2.00. The van der Waals surface area contributed by atoms with E-state index in [1.165, 1.54) is 0 Å². The Morgan fingerprint density at radius 2 is 1.87 bits per heavy atom. The molecule has 0 fully saturated rings. The van der Waals surface area contributed by atoms with Crippen LogP contribution in [0.15, 0.2) is 54.7 Å². The molecule has 1 heterocycles. The average Bonchev–Trinajstić information content (AvgIpc) is 2.58. The number of amides is 1. The molecule has 0 radical (unpaired) electrons. The number of carbonyl (C=O) groups excluding carboxylic acids is 1. The van der Waals surface area contributed by atoms with Crippen molar-refractivity contribution in [2.75, 3.05) is 0 Å². The Morgan fingerprint density at radius 1 is 1.13 bits per heavy atom. The lowest BCUT2D eigenvalue weighted by Gasteiger charge is -2.14. The molecule has 6 nitrogen and oxygen atoms in total. The first-order valence-electron chi connectivity index (χ1n) is 7.25. The summed E-state index contributed by atoms with van der Waals surface area (Å²) >= 11 is 0. The highest BCUT2D eigenvalue weighted by Crippen LogP contribution is 2.04. The molecule has 0 bridgehead atoms. The molecule has 120 valence electrons. The molecule has 2 rings (SSSR count). The number of aryl methyl sites for hydroxylation is 1. The van der Waals surface area contributed by atoms with E-state index in [1.54, 1.807) is 12.3 Å². The van der Waals surface area contributed by atoms with Crippen molar-refractivity contribution in [1.82, 2.24) is 10.3 Å². The predicted molar refractivity (Wildman–Crippen MR) is 83.7 cm³/mol. The molecule has 2 N–H and O–H groups in total. The van der Waals surface area contributed by atoms with Gasteiger partial charge in [-0.1, -0.05) is 36.4 Å². The highest BCUT2D eigenvalue weighted by atomic mass is 16.5. The van der Waals surface area contributed by atoms with Crippen molar-refractivity contribution in [2.45, 2.75) is 25.5 Å². The molecule has 1 amide bonds. The van der Waals surface area contributed by atoms with Gasteiger partial charge in [-0.2, -0.15) is 0 Å². The maximum absolute atomic E-state index is 11.7. The average molecular weight is 314 g/mol. The van der Waals surface area contributed by atoms with Gasteiger partial charge in [-0.15, -0.1) is 0 Å². The normalized spacial score (nSPS) is 11.5. The van der Waals surface area contributed by atoms with Crippen LogP contribution < -0.4 is 5.32 Å². The van der Waals surface area contributed by atoms with Crippen molar-refractivity contribution in [1.29, 1.82) is 0 Å². The molecule has 1 aromatic heterocycles. The number of alkyl carbamates (subject to hydrolysis) is 1. The van der Waals surface area contributed by atoms with Crippen LogP contribution in [-0.4, -0.2) is 28.2 Å². The third-order valence-electron chi connectivity index (χ3n) is 3.22. The summed E-state index contributed by atoms with van der Waals surface area (Å²) in [6.45, 7) is 0.0965. The first kappa shape index (κ1) is 16.5. The lowest BCUT2D eigenvalue weighted by molar-refractivity contribution is -0.139. The molecule has 2 aromatic rings.